The van der Waals surface area contributed by atoms with Gasteiger partial charge < -0.3 is 0 Å². The molecule has 0 aromatic heterocycles. The zero-order valence-electron chi connectivity index (χ0n) is 19.1. The molecule has 0 heterocycles. The predicted molar refractivity (Wildman–Crippen MR) is 136 cm³/mol. The van der Waals surface area contributed by atoms with Crippen molar-refractivity contribution < 1.29 is 0 Å². The van der Waals surface area contributed by atoms with Gasteiger partial charge in [-0.25, -0.2) is 0 Å². The molecule has 4 aromatic carbocycles. The SMILES string of the molecule is CC.CC.c1ccc(C2=c3ccccc3=C(c3ccccc3)c3ccccc3C2)cc1. The Bertz CT molecular complexity index is 1220. The Balaban J connectivity index is 0.000000645. The van der Waals surface area contributed by atoms with E-state index in [1.807, 2.05) is 27.7 Å². The topological polar surface area (TPSA) is 0 Å². The summed E-state index contributed by atoms with van der Waals surface area (Å²) in [4.78, 5) is 0. The highest BCUT2D eigenvalue weighted by Gasteiger charge is 2.17. The molecule has 0 atom stereocenters. The lowest BCUT2D eigenvalue weighted by Crippen LogP contribution is -2.29. The van der Waals surface area contributed by atoms with Crippen molar-refractivity contribution in [3.8, 4) is 0 Å². The summed E-state index contributed by atoms with van der Waals surface area (Å²) in [5.41, 5.74) is 8.01. The second-order valence-electron chi connectivity index (χ2n) is 6.97. The summed E-state index contributed by atoms with van der Waals surface area (Å²) in [5.74, 6) is 0. The Morgan fingerprint density at radius 1 is 0.452 bits per heavy atom. The zero-order chi connectivity index (χ0) is 22.1. The van der Waals surface area contributed by atoms with E-state index in [1.165, 1.54) is 43.8 Å². The maximum Gasteiger partial charge on any atom is -0.000750 e. The van der Waals surface area contributed by atoms with Crippen molar-refractivity contribution in [1.29, 1.82) is 0 Å². The third-order valence-electron chi connectivity index (χ3n) is 5.36. The summed E-state index contributed by atoms with van der Waals surface area (Å²) in [7, 11) is 0. The second-order valence-corrected chi connectivity index (χ2v) is 6.97. The smallest absolute Gasteiger partial charge is 0.000750 e. The molecular weight excluding hydrogens is 372 g/mol. The van der Waals surface area contributed by atoms with Crippen LogP contribution in [0, 0.1) is 0 Å². The lowest BCUT2D eigenvalue weighted by molar-refractivity contribution is 1.25. The van der Waals surface area contributed by atoms with E-state index in [2.05, 4.69) is 109 Å². The van der Waals surface area contributed by atoms with Crippen molar-refractivity contribution in [3.63, 3.8) is 0 Å². The molecule has 4 aromatic rings. The van der Waals surface area contributed by atoms with E-state index >= 15 is 0 Å². The lowest BCUT2D eigenvalue weighted by Gasteiger charge is -2.12. The molecule has 0 heteroatoms. The van der Waals surface area contributed by atoms with Gasteiger partial charge in [-0.15, -0.1) is 0 Å². The molecule has 0 saturated carbocycles. The fourth-order valence-corrected chi connectivity index (χ4v) is 4.13. The van der Waals surface area contributed by atoms with Crippen LogP contribution in [0.5, 0.6) is 0 Å². The lowest BCUT2D eigenvalue weighted by atomic mass is 9.91. The van der Waals surface area contributed by atoms with Crippen molar-refractivity contribution in [3.05, 3.63) is 142 Å². The van der Waals surface area contributed by atoms with Gasteiger partial charge in [0.1, 0.15) is 0 Å². The van der Waals surface area contributed by atoms with Crippen LogP contribution in [-0.4, -0.2) is 0 Å². The van der Waals surface area contributed by atoms with Crippen LogP contribution in [0.3, 0.4) is 0 Å². The number of hydrogen-bond acceptors (Lipinski definition) is 0. The maximum absolute atomic E-state index is 2.27. The predicted octanol–water partition coefficient (Wildman–Crippen LogP) is 6.74. The van der Waals surface area contributed by atoms with Crippen molar-refractivity contribution in [1.82, 2.24) is 0 Å². The molecule has 31 heavy (non-hydrogen) atoms. The van der Waals surface area contributed by atoms with Crippen molar-refractivity contribution in [2.24, 2.45) is 0 Å². The van der Waals surface area contributed by atoms with Crippen molar-refractivity contribution in [2.75, 3.05) is 0 Å². The first-order valence-electron chi connectivity index (χ1n) is 11.4. The Hall–Kier alpha value is -3.38. The quantitative estimate of drug-likeness (QED) is 0.347. The van der Waals surface area contributed by atoms with Gasteiger partial charge in [-0.05, 0) is 50.3 Å². The van der Waals surface area contributed by atoms with Gasteiger partial charge >= 0.3 is 0 Å². The fourth-order valence-electron chi connectivity index (χ4n) is 4.13. The van der Waals surface area contributed by atoms with Crippen molar-refractivity contribution in [2.45, 2.75) is 34.1 Å². The second kappa shape index (κ2) is 11.1. The highest BCUT2D eigenvalue weighted by Crippen LogP contribution is 2.28. The molecule has 0 fully saturated rings. The van der Waals surface area contributed by atoms with E-state index in [0.717, 1.165) is 6.42 Å². The molecule has 5 rings (SSSR count). The Kier molecular flexibility index (Phi) is 8.01. The third-order valence-corrected chi connectivity index (χ3v) is 5.36. The van der Waals surface area contributed by atoms with Gasteiger partial charge in [0.25, 0.3) is 0 Å². The average Bonchev–Trinajstić information content (AvgIpc) is 3.02. The number of benzene rings is 4. The Morgan fingerprint density at radius 2 is 0.935 bits per heavy atom. The first kappa shape index (κ1) is 22.3. The highest BCUT2D eigenvalue weighted by atomic mass is 14.2. The summed E-state index contributed by atoms with van der Waals surface area (Å²) in [5, 5.41) is 2.64. The van der Waals surface area contributed by atoms with Crippen LogP contribution < -0.4 is 10.4 Å². The molecule has 0 nitrogen and oxygen atoms in total. The molecule has 0 spiro atoms. The molecule has 0 amide bonds. The third kappa shape index (κ3) is 4.70. The van der Waals surface area contributed by atoms with E-state index in [9.17, 15) is 0 Å². The summed E-state index contributed by atoms with van der Waals surface area (Å²) in [6.45, 7) is 8.00. The van der Waals surface area contributed by atoms with Gasteiger partial charge in [0.15, 0.2) is 0 Å². The largest absolute Gasteiger partial charge is 0.0683 e. The molecule has 156 valence electrons. The van der Waals surface area contributed by atoms with E-state index < -0.39 is 0 Å². The molecule has 0 saturated heterocycles. The molecule has 0 unspecified atom stereocenters. The monoisotopic (exact) mass is 404 g/mol. The minimum atomic E-state index is 0.938. The van der Waals surface area contributed by atoms with Crippen LogP contribution in [0.25, 0.3) is 11.1 Å². The average molecular weight is 405 g/mol. The molecule has 1 aliphatic carbocycles. The summed E-state index contributed by atoms with van der Waals surface area (Å²) in [6, 6.07) is 39.2. The summed E-state index contributed by atoms with van der Waals surface area (Å²) >= 11 is 0. The van der Waals surface area contributed by atoms with Gasteiger partial charge in [0.05, 0.1) is 0 Å². The van der Waals surface area contributed by atoms with Crippen LogP contribution in [0.15, 0.2) is 109 Å². The fraction of sp³-hybridized carbons (Fsp3) is 0.161. The normalized spacial score (nSPS) is 11.6. The molecule has 1 aliphatic rings. The molecule has 0 bridgehead atoms. The van der Waals surface area contributed by atoms with Crippen LogP contribution in [0.4, 0.5) is 0 Å². The maximum atomic E-state index is 2.27. The van der Waals surface area contributed by atoms with Gasteiger partial charge in [-0.3, -0.25) is 0 Å². The molecular formula is C31H32. The van der Waals surface area contributed by atoms with Gasteiger partial charge in [-0.1, -0.05) is 137 Å². The van der Waals surface area contributed by atoms with E-state index in [4.69, 9.17) is 0 Å². The zero-order valence-corrected chi connectivity index (χ0v) is 19.1. The van der Waals surface area contributed by atoms with Crippen LogP contribution in [-0.2, 0) is 6.42 Å². The van der Waals surface area contributed by atoms with Gasteiger partial charge in [0.2, 0.25) is 0 Å². The standard InChI is InChI=1S/C27H20.2C2H6/c1-3-11-20(12-4-1)26-19-22-15-7-8-16-23(22)27(21-13-5-2-6-14-21)25-18-10-9-17-24(25)26;2*1-2/h1-18H,19H2;2*1-2H3. The molecule has 0 radical (unpaired) electrons. The minimum Gasteiger partial charge on any atom is -0.0683 e. The molecule has 0 N–H and O–H groups in total. The molecule has 0 aliphatic heterocycles. The van der Waals surface area contributed by atoms with Crippen LogP contribution >= 0.6 is 0 Å². The van der Waals surface area contributed by atoms with Gasteiger partial charge in [0, 0.05) is 0 Å². The number of fused-ring (bicyclic) bond motifs is 2. The van der Waals surface area contributed by atoms with E-state index in [0.29, 0.717) is 0 Å². The Morgan fingerprint density at radius 3 is 1.58 bits per heavy atom. The Labute approximate surface area is 187 Å². The van der Waals surface area contributed by atoms with Crippen LogP contribution in [0.2, 0.25) is 0 Å². The summed E-state index contributed by atoms with van der Waals surface area (Å²) in [6.07, 6.45) is 0.938. The summed E-state index contributed by atoms with van der Waals surface area (Å²) < 4.78 is 0. The van der Waals surface area contributed by atoms with Crippen molar-refractivity contribution >= 4 is 11.1 Å². The van der Waals surface area contributed by atoms with E-state index in [-0.39, 0.29) is 0 Å². The first-order chi connectivity index (χ1) is 15.4. The van der Waals surface area contributed by atoms with Gasteiger partial charge in [-0.2, -0.15) is 0 Å². The minimum absolute atomic E-state index is 0.938. The number of hydrogen-bond donors (Lipinski definition) is 0. The highest BCUT2D eigenvalue weighted by molar-refractivity contribution is 5.85. The number of rotatable bonds is 2. The van der Waals surface area contributed by atoms with Crippen LogP contribution in [0.1, 0.15) is 49.9 Å². The first-order valence-corrected chi connectivity index (χ1v) is 11.4. The van der Waals surface area contributed by atoms with E-state index in [1.54, 1.807) is 0 Å².